The van der Waals surface area contributed by atoms with Crippen LogP contribution in [0.4, 0.5) is 14.5 Å². The molecular weight excluding hydrogens is 262 g/mol. The maximum Gasteiger partial charge on any atom is 0.230 e. The van der Waals surface area contributed by atoms with Gasteiger partial charge in [0.2, 0.25) is 5.91 Å². The van der Waals surface area contributed by atoms with Crippen molar-refractivity contribution in [3.05, 3.63) is 59.9 Å². The summed E-state index contributed by atoms with van der Waals surface area (Å²) in [6.07, 6.45) is 3.92. The molecular formula is C15H15F2N2O+. The monoisotopic (exact) mass is 277 g/mol. The van der Waals surface area contributed by atoms with Crippen LogP contribution in [0.25, 0.3) is 0 Å². The van der Waals surface area contributed by atoms with Crippen LogP contribution in [-0.4, -0.2) is 5.91 Å². The van der Waals surface area contributed by atoms with Crippen molar-refractivity contribution in [2.75, 3.05) is 5.32 Å². The van der Waals surface area contributed by atoms with Gasteiger partial charge in [0.05, 0.1) is 12.1 Å². The predicted molar refractivity (Wildman–Crippen MR) is 71.0 cm³/mol. The molecule has 20 heavy (non-hydrogen) atoms. The van der Waals surface area contributed by atoms with Gasteiger partial charge in [-0.3, -0.25) is 4.79 Å². The topological polar surface area (TPSA) is 33.0 Å². The van der Waals surface area contributed by atoms with Crippen LogP contribution in [0.1, 0.15) is 12.0 Å². The summed E-state index contributed by atoms with van der Waals surface area (Å²) in [4.78, 5) is 11.7. The van der Waals surface area contributed by atoms with Crippen LogP contribution in [0.3, 0.4) is 0 Å². The van der Waals surface area contributed by atoms with E-state index in [0.29, 0.717) is 6.54 Å². The van der Waals surface area contributed by atoms with Crippen molar-refractivity contribution in [1.82, 2.24) is 0 Å². The third kappa shape index (κ3) is 3.85. The summed E-state index contributed by atoms with van der Waals surface area (Å²) >= 11 is 0. The van der Waals surface area contributed by atoms with Crippen LogP contribution in [-0.2, 0) is 11.3 Å². The zero-order valence-electron chi connectivity index (χ0n) is 11.1. The average molecular weight is 277 g/mol. The number of nitrogens with one attached hydrogen (secondary N) is 1. The summed E-state index contributed by atoms with van der Waals surface area (Å²) in [5.74, 6) is -1.60. The summed E-state index contributed by atoms with van der Waals surface area (Å²) in [5.41, 5.74) is 0.997. The zero-order chi connectivity index (χ0) is 14.5. The highest BCUT2D eigenvalue weighted by Crippen LogP contribution is 2.15. The van der Waals surface area contributed by atoms with Crippen LogP contribution in [0.15, 0.2) is 42.7 Å². The van der Waals surface area contributed by atoms with E-state index in [4.69, 9.17) is 0 Å². The highest BCUT2D eigenvalue weighted by Gasteiger charge is 2.10. The number of halogens is 2. The average Bonchev–Trinajstić information content (AvgIpc) is 2.42. The minimum atomic E-state index is -0.650. The lowest BCUT2D eigenvalue weighted by Gasteiger charge is -2.05. The van der Waals surface area contributed by atoms with E-state index in [1.165, 1.54) is 0 Å². The van der Waals surface area contributed by atoms with E-state index < -0.39 is 11.6 Å². The quantitative estimate of drug-likeness (QED) is 0.856. The highest BCUT2D eigenvalue weighted by molar-refractivity contribution is 5.90. The number of anilines is 1. The van der Waals surface area contributed by atoms with Crippen molar-refractivity contribution in [1.29, 1.82) is 0 Å². The molecule has 0 radical (unpaired) electrons. The van der Waals surface area contributed by atoms with Gasteiger partial charge in [0, 0.05) is 18.2 Å². The second-order valence-corrected chi connectivity index (χ2v) is 4.54. The molecule has 0 aliphatic heterocycles. The van der Waals surface area contributed by atoms with Crippen LogP contribution < -0.4 is 9.88 Å². The van der Waals surface area contributed by atoms with Crippen LogP contribution >= 0.6 is 0 Å². The standard InChI is InChI=1S/C15H14F2N2O/c1-11-4-7-19(8-5-11)9-6-15(20)18-14-10-12(16)2-3-13(14)17/h2-5,7-8,10H,6,9H2,1H3/p+1. The number of aryl methyl sites for hydroxylation is 2. The third-order valence-corrected chi connectivity index (χ3v) is 2.86. The third-order valence-electron chi connectivity index (χ3n) is 2.86. The molecule has 0 unspecified atom stereocenters. The molecule has 0 bridgehead atoms. The number of benzene rings is 1. The van der Waals surface area contributed by atoms with Gasteiger partial charge in [0.25, 0.3) is 0 Å². The highest BCUT2D eigenvalue weighted by atomic mass is 19.1. The number of rotatable bonds is 4. The smallest absolute Gasteiger partial charge is 0.230 e. The summed E-state index contributed by atoms with van der Waals surface area (Å²) in [6.45, 7) is 2.45. The summed E-state index contributed by atoms with van der Waals surface area (Å²) in [7, 11) is 0. The van der Waals surface area contributed by atoms with Crippen LogP contribution in [0.2, 0.25) is 0 Å². The number of pyridine rings is 1. The molecule has 0 atom stereocenters. The van der Waals surface area contributed by atoms with Gasteiger partial charge in [-0.05, 0) is 24.6 Å². The molecule has 5 heteroatoms. The van der Waals surface area contributed by atoms with E-state index in [1.807, 2.05) is 36.0 Å². The molecule has 1 aromatic heterocycles. The molecule has 3 nitrogen and oxygen atoms in total. The Morgan fingerprint density at radius 1 is 1.20 bits per heavy atom. The van der Waals surface area contributed by atoms with Gasteiger partial charge in [-0.25, -0.2) is 13.3 Å². The Kier molecular flexibility index (Phi) is 4.40. The van der Waals surface area contributed by atoms with E-state index in [9.17, 15) is 13.6 Å². The molecule has 0 saturated carbocycles. The molecule has 1 aromatic carbocycles. The molecule has 0 spiro atoms. The fourth-order valence-electron chi connectivity index (χ4n) is 1.72. The molecule has 2 rings (SSSR count). The molecule has 1 N–H and O–H groups in total. The Bertz CT molecular complexity index is 612. The minimum Gasteiger partial charge on any atom is -0.323 e. The van der Waals surface area contributed by atoms with Gasteiger partial charge in [-0.15, -0.1) is 0 Å². The maximum absolute atomic E-state index is 13.4. The van der Waals surface area contributed by atoms with E-state index >= 15 is 0 Å². The molecule has 1 heterocycles. The molecule has 0 aliphatic rings. The molecule has 2 aromatic rings. The number of aromatic nitrogens is 1. The Morgan fingerprint density at radius 3 is 2.60 bits per heavy atom. The summed E-state index contributed by atoms with van der Waals surface area (Å²) in [6, 6.07) is 6.83. The normalized spacial score (nSPS) is 10.3. The largest absolute Gasteiger partial charge is 0.323 e. The minimum absolute atomic E-state index is 0.135. The Morgan fingerprint density at radius 2 is 1.90 bits per heavy atom. The lowest BCUT2D eigenvalue weighted by Crippen LogP contribution is -2.34. The van der Waals surface area contributed by atoms with Gasteiger partial charge in [-0.2, -0.15) is 0 Å². The van der Waals surface area contributed by atoms with E-state index in [2.05, 4.69) is 5.32 Å². The van der Waals surface area contributed by atoms with Crippen molar-refractivity contribution in [3.63, 3.8) is 0 Å². The first-order valence-corrected chi connectivity index (χ1v) is 6.25. The molecule has 104 valence electrons. The van der Waals surface area contributed by atoms with E-state index in [1.54, 1.807) is 0 Å². The number of carbonyl (C=O) groups excluding carboxylic acids is 1. The van der Waals surface area contributed by atoms with Crippen LogP contribution in [0.5, 0.6) is 0 Å². The van der Waals surface area contributed by atoms with Gasteiger partial charge in [0.15, 0.2) is 18.9 Å². The number of nitrogens with zero attached hydrogens (tertiary/aromatic N) is 1. The Balaban J connectivity index is 1.92. The van der Waals surface area contributed by atoms with E-state index in [-0.39, 0.29) is 18.0 Å². The van der Waals surface area contributed by atoms with E-state index in [0.717, 1.165) is 23.8 Å². The van der Waals surface area contributed by atoms with Crippen molar-refractivity contribution in [2.45, 2.75) is 19.9 Å². The van der Waals surface area contributed by atoms with Gasteiger partial charge in [-0.1, -0.05) is 0 Å². The van der Waals surface area contributed by atoms with Crippen molar-refractivity contribution < 1.29 is 18.1 Å². The first-order valence-electron chi connectivity index (χ1n) is 6.25. The molecule has 0 fully saturated rings. The number of hydrogen-bond donors (Lipinski definition) is 1. The number of amides is 1. The Hall–Kier alpha value is -2.30. The number of hydrogen-bond acceptors (Lipinski definition) is 1. The first-order chi connectivity index (χ1) is 9.54. The number of carbonyl (C=O) groups is 1. The van der Waals surface area contributed by atoms with Crippen molar-refractivity contribution >= 4 is 11.6 Å². The van der Waals surface area contributed by atoms with Crippen molar-refractivity contribution in [3.8, 4) is 0 Å². The Labute approximate surface area is 115 Å². The second-order valence-electron chi connectivity index (χ2n) is 4.54. The summed E-state index contributed by atoms with van der Waals surface area (Å²) < 4.78 is 28.2. The van der Waals surface area contributed by atoms with Crippen molar-refractivity contribution in [2.24, 2.45) is 0 Å². The van der Waals surface area contributed by atoms with Gasteiger partial charge in [0.1, 0.15) is 11.6 Å². The van der Waals surface area contributed by atoms with Crippen LogP contribution in [0, 0.1) is 18.6 Å². The molecule has 0 saturated heterocycles. The molecule has 0 aliphatic carbocycles. The molecule has 1 amide bonds. The van der Waals surface area contributed by atoms with Gasteiger partial charge < -0.3 is 5.32 Å². The lowest BCUT2D eigenvalue weighted by molar-refractivity contribution is -0.695. The lowest BCUT2D eigenvalue weighted by atomic mass is 10.2. The SMILES string of the molecule is Cc1cc[n+](CCC(=O)Nc2cc(F)ccc2F)cc1. The summed E-state index contributed by atoms with van der Waals surface area (Å²) in [5, 5.41) is 2.37. The predicted octanol–water partition coefficient (Wildman–Crippen LogP) is 2.59. The second kappa shape index (κ2) is 6.23. The first kappa shape index (κ1) is 14.1. The zero-order valence-corrected chi connectivity index (χ0v) is 11.1. The maximum atomic E-state index is 13.4. The van der Waals surface area contributed by atoms with Gasteiger partial charge >= 0.3 is 0 Å². The fourth-order valence-corrected chi connectivity index (χ4v) is 1.72. The fraction of sp³-hybridized carbons (Fsp3) is 0.200.